The first kappa shape index (κ1) is 27.0. The van der Waals surface area contributed by atoms with Crippen molar-refractivity contribution in [2.24, 2.45) is 0 Å². The fourth-order valence-corrected chi connectivity index (χ4v) is 4.33. The standard InChI is InChI=1S/C24H27F3N4.2ClH/c1-15-13-23(30-17(3)19-5-4-6-21(16(19)2)24(25,26)27)20-14-18(7-8-22(20)29-15)31-11-9-28-10-12-31;;/h4-8,13-14,17,28H,9-12H2,1-3H3,(H,29,30);2*1H/t17-;;/m1../s1. The highest BCUT2D eigenvalue weighted by Crippen LogP contribution is 2.36. The van der Waals surface area contributed by atoms with Gasteiger partial charge in [0.15, 0.2) is 0 Å². The van der Waals surface area contributed by atoms with Gasteiger partial charge >= 0.3 is 6.18 Å². The number of halogens is 5. The Balaban J connectivity index is 0.00000193. The van der Waals surface area contributed by atoms with Gasteiger partial charge in [-0.15, -0.1) is 24.8 Å². The molecule has 0 amide bonds. The van der Waals surface area contributed by atoms with Crippen LogP contribution in [0.1, 0.15) is 35.3 Å². The maximum Gasteiger partial charge on any atom is 0.416 e. The molecule has 0 spiro atoms. The highest BCUT2D eigenvalue weighted by atomic mass is 35.5. The Morgan fingerprint density at radius 1 is 1.03 bits per heavy atom. The lowest BCUT2D eigenvalue weighted by Crippen LogP contribution is -2.43. The predicted molar refractivity (Wildman–Crippen MR) is 134 cm³/mol. The maximum atomic E-state index is 13.4. The number of aryl methyl sites for hydroxylation is 1. The second-order valence-electron chi connectivity index (χ2n) is 8.13. The second kappa shape index (κ2) is 10.8. The molecule has 1 atom stereocenters. The molecule has 4 nitrogen and oxygen atoms in total. The van der Waals surface area contributed by atoms with Crippen LogP contribution in [0.2, 0.25) is 0 Å². The molecule has 0 aliphatic carbocycles. The lowest BCUT2D eigenvalue weighted by molar-refractivity contribution is -0.138. The van der Waals surface area contributed by atoms with Crippen LogP contribution in [0.5, 0.6) is 0 Å². The van der Waals surface area contributed by atoms with Crippen molar-refractivity contribution in [2.45, 2.75) is 33.0 Å². The molecule has 180 valence electrons. The van der Waals surface area contributed by atoms with Crippen LogP contribution < -0.4 is 15.5 Å². The molecule has 3 aromatic rings. The van der Waals surface area contributed by atoms with Crippen molar-refractivity contribution in [2.75, 3.05) is 36.4 Å². The molecule has 9 heteroatoms. The Morgan fingerprint density at radius 2 is 1.73 bits per heavy atom. The van der Waals surface area contributed by atoms with Crippen LogP contribution in [0.3, 0.4) is 0 Å². The minimum absolute atomic E-state index is 0. The van der Waals surface area contributed by atoms with Crippen LogP contribution in [0, 0.1) is 13.8 Å². The van der Waals surface area contributed by atoms with Gasteiger partial charge in [-0.05, 0) is 62.2 Å². The summed E-state index contributed by atoms with van der Waals surface area (Å²) in [6.07, 6.45) is -4.36. The van der Waals surface area contributed by atoms with E-state index >= 15 is 0 Å². The molecule has 1 aromatic heterocycles. The van der Waals surface area contributed by atoms with Crippen molar-refractivity contribution in [3.63, 3.8) is 0 Å². The number of piperazine rings is 1. The van der Waals surface area contributed by atoms with Crippen molar-refractivity contribution in [3.05, 3.63) is 64.8 Å². The molecule has 4 rings (SSSR count). The van der Waals surface area contributed by atoms with Gasteiger partial charge in [-0.1, -0.05) is 12.1 Å². The summed E-state index contributed by atoms with van der Waals surface area (Å²) < 4.78 is 40.1. The van der Waals surface area contributed by atoms with Gasteiger partial charge in [-0.25, -0.2) is 0 Å². The summed E-state index contributed by atoms with van der Waals surface area (Å²) in [6.45, 7) is 9.12. The van der Waals surface area contributed by atoms with E-state index in [1.807, 2.05) is 26.0 Å². The third-order valence-electron chi connectivity index (χ3n) is 5.92. The van der Waals surface area contributed by atoms with E-state index in [0.29, 0.717) is 5.56 Å². The van der Waals surface area contributed by atoms with E-state index in [2.05, 4.69) is 32.7 Å². The first-order valence-corrected chi connectivity index (χ1v) is 10.5. The molecular formula is C24H29Cl2F3N4. The smallest absolute Gasteiger partial charge is 0.378 e. The van der Waals surface area contributed by atoms with Gasteiger partial charge in [-0.2, -0.15) is 13.2 Å². The van der Waals surface area contributed by atoms with E-state index in [1.54, 1.807) is 6.07 Å². The number of hydrogen-bond donors (Lipinski definition) is 2. The molecule has 2 N–H and O–H groups in total. The Bertz CT molecular complexity index is 1100. The summed E-state index contributed by atoms with van der Waals surface area (Å²) in [5.41, 5.74) is 4.04. The van der Waals surface area contributed by atoms with Crippen LogP contribution in [0.25, 0.3) is 10.9 Å². The normalized spacial score (nSPS) is 14.9. The van der Waals surface area contributed by atoms with Crippen LogP contribution >= 0.6 is 24.8 Å². The number of nitrogens with zero attached hydrogens (tertiary/aromatic N) is 2. The zero-order valence-electron chi connectivity index (χ0n) is 18.8. The Labute approximate surface area is 204 Å². The van der Waals surface area contributed by atoms with E-state index in [9.17, 15) is 13.2 Å². The molecule has 2 aromatic carbocycles. The van der Waals surface area contributed by atoms with Gasteiger partial charge in [0.2, 0.25) is 0 Å². The topological polar surface area (TPSA) is 40.2 Å². The summed E-state index contributed by atoms with van der Waals surface area (Å²) in [5.74, 6) is 0. The number of nitrogens with one attached hydrogen (secondary N) is 2. The zero-order valence-corrected chi connectivity index (χ0v) is 20.4. The quantitative estimate of drug-likeness (QED) is 0.441. The number of rotatable bonds is 4. The molecule has 0 unspecified atom stereocenters. The maximum absolute atomic E-state index is 13.4. The van der Waals surface area contributed by atoms with Crippen LogP contribution in [-0.2, 0) is 6.18 Å². The summed E-state index contributed by atoms with van der Waals surface area (Å²) in [5, 5.41) is 7.78. The van der Waals surface area contributed by atoms with Gasteiger partial charge in [0.25, 0.3) is 0 Å². The second-order valence-corrected chi connectivity index (χ2v) is 8.13. The molecule has 2 heterocycles. The third kappa shape index (κ3) is 5.83. The number of benzene rings is 2. The van der Waals surface area contributed by atoms with Crippen molar-refractivity contribution in [3.8, 4) is 0 Å². The average molecular weight is 501 g/mol. The van der Waals surface area contributed by atoms with Crippen molar-refractivity contribution >= 4 is 47.1 Å². The molecule has 1 saturated heterocycles. The largest absolute Gasteiger partial charge is 0.416 e. The fourth-order valence-electron chi connectivity index (χ4n) is 4.33. The minimum atomic E-state index is -4.36. The molecule has 1 aliphatic heterocycles. The number of hydrogen-bond acceptors (Lipinski definition) is 4. The zero-order chi connectivity index (χ0) is 22.2. The predicted octanol–water partition coefficient (Wildman–Crippen LogP) is 6.30. The van der Waals surface area contributed by atoms with Gasteiger partial charge in [0.05, 0.1) is 11.1 Å². The number of fused-ring (bicyclic) bond motifs is 1. The number of anilines is 2. The van der Waals surface area contributed by atoms with Crippen molar-refractivity contribution in [1.82, 2.24) is 10.3 Å². The van der Waals surface area contributed by atoms with E-state index in [0.717, 1.165) is 60.2 Å². The lowest BCUT2D eigenvalue weighted by Gasteiger charge is -2.30. The van der Waals surface area contributed by atoms with Gasteiger partial charge in [0, 0.05) is 54.7 Å². The third-order valence-corrected chi connectivity index (χ3v) is 5.92. The van der Waals surface area contributed by atoms with Crippen LogP contribution in [0.4, 0.5) is 24.5 Å². The van der Waals surface area contributed by atoms with Crippen molar-refractivity contribution < 1.29 is 13.2 Å². The average Bonchev–Trinajstić information content (AvgIpc) is 2.73. The Morgan fingerprint density at radius 3 is 2.39 bits per heavy atom. The highest BCUT2D eigenvalue weighted by molar-refractivity contribution is 5.94. The minimum Gasteiger partial charge on any atom is -0.378 e. The van der Waals surface area contributed by atoms with Gasteiger partial charge < -0.3 is 15.5 Å². The SMILES string of the molecule is Cc1cc(N[C@H](C)c2cccc(C(F)(F)F)c2C)c2cc(N3CCNCC3)ccc2n1.Cl.Cl. The number of aromatic nitrogens is 1. The molecule has 0 bridgehead atoms. The molecule has 1 aliphatic rings. The van der Waals surface area contributed by atoms with E-state index in [1.165, 1.54) is 13.0 Å². The molecular weight excluding hydrogens is 472 g/mol. The highest BCUT2D eigenvalue weighted by Gasteiger charge is 2.33. The summed E-state index contributed by atoms with van der Waals surface area (Å²) >= 11 is 0. The molecule has 1 fully saturated rings. The van der Waals surface area contributed by atoms with Gasteiger partial charge in [0.1, 0.15) is 0 Å². The summed E-state index contributed by atoms with van der Waals surface area (Å²) in [7, 11) is 0. The van der Waals surface area contributed by atoms with E-state index in [4.69, 9.17) is 0 Å². The molecule has 33 heavy (non-hydrogen) atoms. The van der Waals surface area contributed by atoms with Gasteiger partial charge in [-0.3, -0.25) is 4.98 Å². The summed E-state index contributed by atoms with van der Waals surface area (Å²) in [6, 6.07) is 12.3. The lowest BCUT2D eigenvalue weighted by atomic mass is 9.97. The van der Waals surface area contributed by atoms with E-state index in [-0.39, 0.29) is 36.4 Å². The first-order chi connectivity index (χ1) is 14.7. The number of pyridine rings is 1. The fraction of sp³-hybridized carbons (Fsp3) is 0.375. The Kier molecular flexibility index (Phi) is 8.85. The first-order valence-electron chi connectivity index (χ1n) is 10.5. The van der Waals surface area contributed by atoms with Crippen LogP contribution in [0.15, 0.2) is 42.5 Å². The Hall–Kier alpha value is -2.22. The van der Waals surface area contributed by atoms with Crippen molar-refractivity contribution in [1.29, 1.82) is 0 Å². The monoisotopic (exact) mass is 500 g/mol. The number of alkyl halides is 3. The molecule has 0 saturated carbocycles. The van der Waals surface area contributed by atoms with Crippen LogP contribution in [-0.4, -0.2) is 31.2 Å². The van der Waals surface area contributed by atoms with E-state index < -0.39 is 11.7 Å². The summed E-state index contributed by atoms with van der Waals surface area (Å²) in [4.78, 5) is 6.98. The molecule has 0 radical (unpaired) electrons.